The molecular weight excluding hydrogens is 749 g/mol. The summed E-state index contributed by atoms with van der Waals surface area (Å²) in [5.41, 5.74) is 11.5. The highest BCUT2D eigenvalue weighted by molar-refractivity contribution is 5.83. The number of anilines is 4. The van der Waals surface area contributed by atoms with Gasteiger partial charge >= 0.3 is 0 Å². The van der Waals surface area contributed by atoms with Gasteiger partial charge in [0.1, 0.15) is 29.7 Å². The number of nitrogens with zero attached hydrogens (tertiary/aromatic N) is 9. The number of nitrogens with two attached hydrogens (primary N) is 1. The first-order valence-corrected chi connectivity index (χ1v) is 20.6. The quantitative estimate of drug-likeness (QED) is 0.105. The van der Waals surface area contributed by atoms with Crippen LogP contribution in [0.2, 0.25) is 0 Å². The molecule has 1 amide bonds. The molecule has 0 unspecified atom stereocenters. The molecule has 0 saturated heterocycles. The minimum atomic E-state index is 0.0104. The number of hydrogen-bond acceptors (Lipinski definition) is 13. The summed E-state index contributed by atoms with van der Waals surface area (Å²) >= 11 is 0. The van der Waals surface area contributed by atoms with Crippen LogP contribution in [0.15, 0.2) is 67.4 Å². The Kier molecular flexibility index (Phi) is 12.5. The van der Waals surface area contributed by atoms with Crippen molar-refractivity contribution in [1.82, 2.24) is 60.5 Å². The standard InChI is InChI=1S/C27H30N10O.C7H11N3.C4H6O.C3H5N3/c38-25(36-9-8-23-24(15-36)33-35-32-23)16-37-14-22(26(34-37)30-20-6-3-7-20)19-12-28-27(29-13-19)31-21-10-17-4-1-2-5-18(17)11-21;1-2-6(3-1)9-7-4-5-8-10-7;5-4-2-1-3-4;4-3-1-2-5-6-3/h1-2,4-5,12-14,20-21H,3,6-11,15-16H2,(H,30,34)(H,28,29,31)(H,32,33,35);4-6H,1-3H2,(H2,8,9,10);1-3H2;1-2H,(H3,4,5,6). The topological polar surface area (TPSA) is 242 Å². The number of amides is 1. The molecule has 6 aromatic rings. The zero-order valence-corrected chi connectivity index (χ0v) is 33.1. The molecule has 18 heteroatoms. The lowest BCUT2D eigenvalue weighted by Gasteiger charge is -2.27. The van der Waals surface area contributed by atoms with Crippen LogP contribution in [0.4, 0.5) is 23.4 Å². The van der Waals surface area contributed by atoms with E-state index in [1.165, 1.54) is 36.8 Å². The van der Waals surface area contributed by atoms with Crippen LogP contribution < -0.4 is 21.7 Å². The van der Waals surface area contributed by atoms with Crippen molar-refractivity contribution in [3.05, 3.63) is 89.9 Å². The first-order chi connectivity index (χ1) is 28.9. The summed E-state index contributed by atoms with van der Waals surface area (Å²) in [6.45, 7) is 1.27. The number of nitrogens with one attached hydrogen (secondary N) is 6. The van der Waals surface area contributed by atoms with Crippen LogP contribution in [-0.4, -0.2) is 96.8 Å². The summed E-state index contributed by atoms with van der Waals surface area (Å²) in [5.74, 6) is 3.50. The van der Waals surface area contributed by atoms with Gasteiger partial charge in [-0.05, 0) is 81.0 Å². The molecule has 0 spiro atoms. The SMILES string of the molecule is Nc1ccn[nH]1.O=C(Cn1cc(-c2cnc(NC3Cc4ccccc4C3)nc2)c(NC2CCC2)n1)N1CCc2n[nH]nc2C1.O=C1CCC1.c1cc(NC2CCC2)[nH]n1. The number of rotatable bonds is 9. The summed E-state index contributed by atoms with van der Waals surface area (Å²) in [7, 11) is 0. The van der Waals surface area contributed by atoms with Crippen LogP contribution >= 0.6 is 0 Å². The van der Waals surface area contributed by atoms with Gasteiger partial charge in [0, 0.05) is 73.7 Å². The average molecular weight is 801 g/mol. The van der Waals surface area contributed by atoms with E-state index in [0.29, 0.717) is 55.2 Å². The molecular formula is C41H52N16O2. The van der Waals surface area contributed by atoms with Crippen molar-refractivity contribution in [2.24, 2.45) is 0 Å². The maximum Gasteiger partial charge on any atom is 0.244 e. The van der Waals surface area contributed by atoms with E-state index in [9.17, 15) is 9.59 Å². The summed E-state index contributed by atoms with van der Waals surface area (Å²) in [6.07, 6.45) is 21.9. The number of nitrogen functional groups attached to an aromatic ring is 1. The van der Waals surface area contributed by atoms with Crippen molar-refractivity contribution >= 4 is 35.1 Å². The number of aromatic nitrogens is 11. The van der Waals surface area contributed by atoms with Crippen molar-refractivity contribution in [1.29, 1.82) is 0 Å². The zero-order chi connectivity index (χ0) is 40.4. The summed E-state index contributed by atoms with van der Waals surface area (Å²) in [5, 5.41) is 38.9. The smallest absolute Gasteiger partial charge is 0.244 e. The number of hydrogen-bond donors (Lipinski definition) is 7. The van der Waals surface area contributed by atoms with Gasteiger partial charge in [-0.15, -0.1) is 0 Å². The molecule has 4 aliphatic carbocycles. The number of benzene rings is 1. The van der Waals surface area contributed by atoms with E-state index in [0.717, 1.165) is 79.1 Å². The van der Waals surface area contributed by atoms with E-state index >= 15 is 0 Å². The molecule has 59 heavy (non-hydrogen) atoms. The monoisotopic (exact) mass is 800 g/mol. The summed E-state index contributed by atoms with van der Waals surface area (Å²) in [4.78, 5) is 34.0. The first kappa shape index (κ1) is 39.2. The minimum Gasteiger partial charge on any atom is -0.384 e. The molecule has 3 fully saturated rings. The maximum atomic E-state index is 13.1. The van der Waals surface area contributed by atoms with E-state index in [2.05, 4.69) is 86.0 Å². The second-order valence-corrected chi connectivity index (χ2v) is 15.6. The van der Waals surface area contributed by atoms with Crippen LogP contribution in [0.3, 0.4) is 0 Å². The van der Waals surface area contributed by atoms with Crippen molar-refractivity contribution in [2.45, 2.75) is 108 Å². The van der Waals surface area contributed by atoms with E-state index in [-0.39, 0.29) is 12.5 Å². The van der Waals surface area contributed by atoms with Gasteiger partial charge in [0.05, 0.1) is 24.6 Å². The second-order valence-electron chi connectivity index (χ2n) is 15.6. The minimum absolute atomic E-state index is 0.0104. The van der Waals surface area contributed by atoms with Gasteiger partial charge in [0.25, 0.3) is 0 Å². The van der Waals surface area contributed by atoms with Crippen molar-refractivity contribution in [3.63, 3.8) is 0 Å². The summed E-state index contributed by atoms with van der Waals surface area (Å²) < 4.78 is 1.72. The third-order valence-corrected chi connectivity index (χ3v) is 11.3. The van der Waals surface area contributed by atoms with Crippen molar-refractivity contribution in [2.75, 3.05) is 28.2 Å². The molecule has 5 aromatic heterocycles. The van der Waals surface area contributed by atoms with Crippen LogP contribution in [0, 0.1) is 0 Å². The normalized spacial score (nSPS) is 16.9. The molecule has 0 bridgehead atoms. The highest BCUT2D eigenvalue weighted by Crippen LogP contribution is 2.31. The Morgan fingerprint density at radius 3 is 2.05 bits per heavy atom. The number of carbonyl (C=O) groups excluding carboxylic acids is 2. The molecule has 1 aliphatic heterocycles. The molecule has 5 aliphatic rings. The highest BCUT2D eigenvalue weighted by atomic mass is 16.2. The van der Waals surface area contributed by atoms with Crippen LogP contribution in [0.5, 0.6) is 0 Å². The maximum absolute atomic E-state index is 13.1. The van der Waals surface area contributed by atoms with Gasteiger partial charge in [-0.3, -0.25) is 24.5 Å². The van der Waals surface area contributed by atoms with E-state index in [1.807, 2.05) is 29.6 Å². The fraction of sp³-hybridized carbons (Fsp3) is 0.439. The average Bonchev–Trinajstić information content (AvgIpc) is 4.06. The molecule has 8 N–H and O–H groups in total. The van der Waals surface area contributed by atoms with Gasteiger partial charge in [-0.2, -0.15) is 30.7 Å². The first-order valence-electron chi connectivity index (χ1n) is 20.6. The van der Waals surface area contributed by atoms with E-state index < -0.39 is 0 Å². The lowest BCUT2D eigenvalue weighted by molar-refractivity contribution is -0.133. The van der Waals surface area contributed by atoms with Crippen LogP contribution in [0.1, 0.15) is 80.3 Å². The van der Waals surface area contributed by atoms with E-state index in [1.54, 1.807) is 23.1 Å². The molecule has 3 saturated carbocycles. The molecule has 308 valence electrons. The van der Waals surface area contributed by atoms with Crippen molar-refractivity contribution < 1.29 is 9.59 Å². The predicted octanol–water partition coefficient (Wildman–Crippen LogP) is 4.69. The molecule has 18 nitrogen and oxygen atoms in total. The fourth-order valence-electron chi connectivity index (χ4n) is 7.20. The number of ketones is 1. The Labute approximate surface area is 342 Å². The third kappa shape index (κ3) is 10.5. The Morgan fingerprint density at radius 2 is 1.47 bits per heavy atom. The lowest BCUT2D eigenvalue weighted by Crippen LogP contribution is -2.38. The largest absolute Gasteiger partial charge is 0.384 e. The van der Waals surface area contributed by atoms with Gasteiger partial charge in [0.15, 0.2) is 5.82 Å². The van der Waals surface area contributed by atoms with Crippen molar-refractivity contribution in [3.8, 4) is 11.1 Å². The number of aromatic amines is 3. The Hall–Kier alpha value is -6.59. The number of carbonyl (C=O) groups is 2. The van der Waals surface area contributed by atoms with Crippen LogP contribution in [-0.2, 0) is 41.9 Å². The predicted molar refractivity (Wildman–Crippen MR) is 223 cm³/mol. The number of fused-ring (bicyclic) bond motifs is 2. The lowest BCUT2D eigenvalue weighted by atomic mass is 9.93. The van der Waals surface area contributed by atoms with Gasteiger partial charge in [0.2, 0.25) is 11.9 Å². The fourth-order valence-corrected chi connectivity index (χ4v) is 7.20. The Bertz CT molecular complexity index is 2210. The Balaban J connectivity index is 0.000000185. The number of H-pyrrole nitrogens is 3. The molecule has 11 rings (SSSR count). The molecule has 0 atom stereocenters. The highest BCUT2D eigenvalue weighted by Gasteiger charge is 2.26. The third-order valence-electron chi connectivity index (χ3n) is 11.3. The van der Waals surface area contributed by atoms with Crippen LogP contribution in [0.25, 0.3) is 11.1 Å². The molecule has 6 heterocycles. The van der Waals surface area contributed by atoms with Gasteiger partial charge in [-0.1, -0.05) is 24.3 Å². The van der Waals surface area contributed by atoms with E-state index in [4.69, 9.17) is 10.8 Å². The van der Waals surface area contributed by atoms with Gasteiger partial charge < -0.3 is 26.6 Å². The molecule has 0 radical (unpaired) electrons. The Morgan fingerprint density at radius 1 is 0.797 bits per heavy atom. The molecule has 1 aromatic carbocycles. The summed E-state index contributed by atoms with van der Waals surface area (Å²) in [6, 6.07) is 13.6. The number of Topliss-reactive ketones (excluding diaryl/α,β-unsaturated/α-hetero) is 1. The van der Waals surface area contributed by atoms with Gasteiger partial charge in [-0.25, -0.2) is 9.97 Å². The second kappa shape index (κ2) is 18.8. The zero-order valence-electron chi connectivity index (χ0n) is 33.1.